The summed E-state index contributed by atoms with van der Waals surface area (Å²) < 4.78 is -0.642. The highest BCUT2D eigenvalue weighted by Gasteiger charge is 2.30. The zero-order valence-electron chi connectivity index (χ0n) is 8.22. The average molecular weight is 322 g/mol. The van der Waals surface area contributed by atoms with Gasteiger partial charge in [-0.2, -0.15) is 0 Å². The highest BCUT2D eigenvalue weighted by Crippen LogP contribution is 2.29. The molecule has 0 aromatic carbocycles. The number of hydrogen-bond acceptors (Lipinski definition) is 2. The minimum Gasteiger partial charge on any atom is -0.345 e. The van der Waals surface area contributed by atoms with Gasteiger partial charge in [0.15, 0.2) is 4.33 Å². The lowest BCUT2D eigenvalue weighted by atomic mass is 10.1. The Morgan fingerprint density at radius 1 is 1.56 bits per heavy atom. The van der Waals surface area contributed by atoms with E-state index in [2.05, 4.69) is 25.9 Å². The van der Waals surface area contributed by atoms with Crippen LogP contribution >= 0.6 is 39.1 Å². The van der Waals surface area contributed by atoms with E-state index >= 15 is 0 Å². The van der Waals surface area contributed by atoms with Gasteiger partial charge in [0.2, 0.25) is 5.78 Å². The van der Waals surface area contributed by atoms with Crippen molar-refractivity contribution in [2.75, 3.05) is 0 Å². The van der Waals surface area contributed by atoms with Gasteiger partial charge < -0.3 is 4.98 Å². The molecule has 0 bridgehead atoms. The molecule has 1 N–H and O–H groups in total. The van der Waals surface area contributed by atoms with E-state index in [0.29, 0.717) is 16.6 Å². The van der Waals surface area contributed by atoms with Gasteiger partial charge in [0, 0.05) is 27.8 Å². The number of carbonyl (C=O) groups excluding carboxylic acids is 1. The number of aromatic amines is 1. The molecule has 0 aliphatic heterocycles. The molecule has 0 aliphatic rings. The summed E-state index contributed by atoms with van der Waals surface area (Å²) in [5.41, 5.74) is 1.07. The van der Waals surface area contributed by atoms with E-state index in [-0.39, 0.29) is 5.78 Å². The van der Waals surface area contributed by atoms with E-state index in [1.807, 2.05) is 0 Å². The zero-order valence-corrected chi connectivity index (χ0v) is 11.3. The van der Waals surface area contributed by atoms with Gasteiger partial charge in [0.1, 0.15) is 5.65 Å². The van der Waals surface area contributed by atoms with Crippen molar-refractivity contribution >= 4 is 55.9 Å². The van der Waals surface area contributed by atoms with E-state index in [4.69, 9.17) is 23.2 Å². The fraction of sp³-hybridized carbons (Fsp3) is 0.200. The van der Waals surface area contributed by atoms with Crippen molar-refractivity contribution in [1.82, 2.24) is 9.97 Å². The van der Waals surface area contributed by atoms with Gasteiger partial charge in [0.25, 0.3) is 0 Å². The Hall–Kier alpha value is -0.580. The van der Waals surface area contributed by atoms with E-state index in [0.717, 1.165) is 4.47 Å². The molecular weight excluding hydrogens is 315 g/mol. The minimum atomic E-state index is -1.43. The molecule has 2 aromatic rings. The van der Waals surface area contributed by atoms with Crippen molar-refractivity contribution in [3.8, 4) is 0 Å². The van der Waals surface area contributed by atoms with Gasteiger partial charge in [-0.25, -0.2) is 4.98 Å². The van der Waals surface area contributed by atoms with Crippen molar-refractivity contribution in [3.05, 3.63) is 28.5 Å². The van der Waals surface area contributed by atoms with E-state index in [1.165, 1.54) is 6.92 Å². The fourth-order valence-electron chi connectivity index (χ4n) is 1.40. The van der Waals surface area contributed by atoms with Crippen LogP contribution in [0, 0.1) is 0 Å². The minimum absolute atomic E-state index is 0.345. The molecule has 0 fully saturated rings. The third kappa shape index (κ3) is 2.10. The summed E-state index contributed by atoms with van der Waals surface area (Å²) in [7, 11) is 0. The summed E-state index contributed by atoms with van der Waals surface area (Å²) in [5, 5.41) is 0.701. The van der Waals surface area contributed by atoms with Crippen molar-refractivity contribution in [3.63, 3.8) is 0 Å². The third-order valence-corrected chi connectivity index (χ3v) is 2.92. The summed E-state index contributed by atoms with van der Waals surface area (Å²) in [6.07, 6.45) is 3.21. The number of halogens is 3. The number of nitrogens with zero attached hydrogens (tertiary/aromatic N) is 1. The molecule has 0 saturated carbocycles. The second-order valence-corrected chi connectivity index (χ2v) is 6.09. The first-order valence-corrected chi connectivity index (χ1v) is 6.00. The number of pyridine rings is 1. The lowest BCUT2D eigenvalue weighted by Gasteiger charge is -2.10. The van der Waals surface area contributed by atoms with Crippen LogP contribution in [0.4, 0.5) is 0 Å². The standard InChI is InChI=1S/C10H7BrCl2N2O/c1-10(12,13)8(16)7-4-15-9-6(7)2-5(11)3-14-9/h2-4H,1H3,(H,14,15). The maximum atomic E-state index is 11.9. The monoisotopic (exact) mass is 320 g/mol. The Labute approximate surface area is 110 Å². The van der Waals surface area contributed by atoms with Gasteiger partial charge in [0.05, 0.1) is 0 Å². The fourth-order valence-corrected chi connectivity index (χ4v) is 1.94. The second-order valence-electron chi connectivity index (χ2n) is 3.47. The summed E-state index contributed by atoms with van der Waals surface area (Å²) in [4.78, 5) is 18.9. The quantitative estimate of drug-likeness (QED) is 0.677. The molecule has 2 heterocycles. The Bertz CT molecular complexity index is 559. The maximum Gasteiger partial charge on any atom is 0.200 e. The number of fused-ring (bicyclic) bond motifs is 1. The van der Waals surface area contributed by atoms with Crippen LogP contribution in [0.1, 0.15) is 17.3 Å². The molecular formula is C10H7BrCl2N2O. The summed E-state index contributed by atoms with van der Waals surface area (Å²) in [6, 6.07) is 1.80. The number of ketones is 1. The molecule has 0 spiro atoms. The van der Waals surface area contributed by atoms with Crippen molar-refractivity contribution in [1.29, 1.82) is 0 Å². The van der Waals surface area contributed by atoms with Crippen molar-refractivity contribution in [2.45, 2.75) is 11.3 Å². The molecule has 3 nitrogen and oxygen atoms in total. The lowest BCUT2D eigenvalue weighted by Crippen LogP contribution is -2.21. The number of nitrogens with one attached hydrogen (secondary N) is 1. The van der Waals surface area contributed by atoms with Crippen LogP contribution in [0.15, 0.2) is 22.9 Å². The first kappa shape index (κ1) is 11.9. The van der Waals surface area contributed by atoms with Crippen LogP contribution in [0.25, 0.3) is 11.0 Å². The van der Waals surface area contributed by atoms with Crippen LogP contribution in [-0.2, 0) is 0 Å². The smallest absolute Gasteiger partial charge is 0.200 e. The zero-order chi connectivity index (χ0) is 11.9. The van der Waals surface area contributed by atoms with Crippen LogP contribution in [0.5, 0.6) is 0 Å². The lowest BCUT2D eigenvalue weighted by molar-refractivity contribution is 0.0980. The highest BCUT2D eigenvalue weighted by atomic mass is 79.9. The van der Waals surface area contributed by atoms with E-state index in [9.17, 15) is 4.79 Å². The van der Waals surface area contributed by atoms with Crippen LogP contribution in [-0.4, -0.2) is 20.1 Å². The molecule has 16 heavy (non-hydrogen) atoms. The van der Waals surface area contributed by atoms with E-state index < -0.39 is 4.33 Å². The van der Waals surface area contributed by atoms with Crippen molar-refractivity contribution < 1.29 is 4.79 Å². The molecule has 84 valence electrons. The third-order valence-electron chi connectivity index (χ3n) is 2.14. The topological polar surface area (TPSA) is 45.8 Å². The number of H-pyrrole nitrogens is 1. The number of rotatable bonds is 2. The number of Topliss-reactive ketones (excluding diaryl/α,β-unsaturated/α-hetero) is 1. The molecule has 0 amide bonds. The largest absolute Gasteiger partial charge is 0.345 e. The van der Waals surface area contributed by atoms with Gasteiger partial charge in [-0.1, -0.05) is 23.2 Å². The SMILES string of the molecule is CC(Cl)(Cl)C(=O)c1c[nH]c2ncc(Br)cc12. The van der Waals surface area contributed by atoms with Crippen LogP contribution in [0.3, 0.4) is 0 Å². The number of carbonyl (C=O) groups is 1. The van der Waals surface area contributed by atoms with Crippen LogP contribution < -0.4 is 0 Å². The van der Waals surface area contributed by atoms with Gasteiger partial charge >= 0.3 is 0 Å². The summed E-state index contributed by atoms with van der Waals surface area (Å²) in [6.45, 7) is 1.45. The van der Waals surface area contributed by atoms with Crippen molar-refractivity contribution in [2.24, 2.45) is 0 Å². The van der Waals surface area contributed by atoms with Gasteiger partial charge in [-0.05, 0) is 28.9 Å². The maximum absolute atomic E-state index is 11.9. The van der Waals surface area contributed by atoms with Crippen LogP contribution in [0.2, 0.25) is 0 Å². The molecule has 0 atom stereocenters. The number of aromatic nitrogens is 2. The molecule has 6 heteroatoms. The average Bonchev–Trinajstić information content (AvgIpc) is 2.57. The second kappa shape index (κ2) is 4.02. The Balaban J connectivity index is 2.62. The predicted molar refractivity (Wildman–Crippen MR) is 68.2 cm³/mol. The molecule has 0 unspecified atom stereocenters. The Morgan fingerprint density at radius 2 is 2.25 bits per heavy atom. The molecule has 2 rings (SSSR count). The van der Waals surface area contributed by atoms with Gasteiger partial charge in [-0.3, -0.25) is 4.79 Å². The summed E-state index contributed by atoms with van der Waals surface area (Å²) in [5.74, 6) is -0.345. The first-order chi connectivity index (χ1) is 7.39. The van der Waals surface area contributed by atoms with Gasteiger partial charge in [-0.15, -0.1) is 0 Å². The first-order valence-electron chi connectivity index (χ1n) is 4.45. The van der Waals surface area contributed by atoms with E-state index in [1.54, 1.807) is 18.5 Å². The molecule has 0 aliphatic carbocycles. The Kier molecular flexibility index (Phi) is 2.99. The molecule has 0 radical (unpaired) electrons. The summed E-state index contributed by atoms with van der Waals surface area (Å²) >= 11 is 14.9. The predicted octanol–water partition coefficient (Wildman–Crippen LogP) is 3.70. The Morgan fingerprint density at radius 3 is 2.88 bits per heavy atom. The number of alkyl halides is 2. The normalized spacial score (nSPS) is 12.0. The molecule has 0 saturated heterocycles. The number of hydrogen-bond donors (Lipinski definition) is 1. The highest BCUT2D eigenvalue weighted by molar-refractivity contribution is 9.10. The molecule has 2 aromatic heterocycles.